The minimum atomic E-state index is 0.0789. The van der Waals surface area contributed by atoms with Crippen LogP contribution >= 0.6 is 11.8 Å². The lowest BCUT2D eigenvalue weighted by molar-refractivity contribution is 0.102. The molecule has 128 valence electrons. The molecule has 0 radical (unpaired) electrons. The number of nitrogens with zero attached hydrogens (tertiary/aromatic N) is 3. The van der Waals surface area contributed by atoms with Crippen LogP contribution in [0.25, 0.3) is 11.6 Å². The summed E-state index contributed by atoms with van der Waals surface area (Å²) in [4.78, 5) is 12.5. The summed E-state index contributed by atoms with van der Waals surface area (Å²) in [5.74, 6) is 1.65. The molecule has 25 heavy (non-hydrogen) atoms. The molecular weight excluding hydrogens is 334 g/mol. The van der Waals surface area contributed by atoms with Gasteiger partial charge in [0.05, 0.1) is 12.0 Å². The molecule has 0 aliphatic rings. The van der Waals surface area contributed by atoms with Gasteiger partial charge in [-0.2, -0.15) is 0 Å². The molecule has 0 saturated heterocycles. The van der Waals surface area contributed by atoms with Crippen LogP contribution in [0.4, 0.5) is 0 Å². The molecule has 1 aromatic carbocycles. The largest absolute Gasteiger partial charge is 0.461 e. The van der Waals surface area contributed by atoms with Gasteiger partial charge in [0.1, 0.15) is 0 Å². The van der Waals surface area contributed by atoms with E-state index < -0.39 is 0 Å². The highest BCUT2D eigenvalue weighted by atomic mass is 32.2. The average molecular weight is 353 g/mol. The average Bonchev–Trinajstić information content (AvgIpc) is 3.22. The minimum Gasteiger partial charge on any atom is -0.461 e. The van der Waals surface area contributed by atoms with Crippen LogP contribution in [0.3, 0.4) is 0 Å². The Morgan fingerprint density at radius 3 is 2.84 bits per heavy atom. The first-order valence-electron chi connectivity index (χ1n) is 7.91. The second-order valence-electron chi connectivity index (χ2n) is 5.71. The van der Waals surface area contributed by atoms with Gasteiger partial charge in [0, 0.05) is 12.1 Å². The van der Waals surface area contributed by atoms with Gasteiger partial charge in [0.15, 0.2) is 16.7 Å². The Hall–Kier alpha value is -2.60. The zero-order valence-electron chi connectivity index (χ0n) is 14.2. The van der Waals surface area contributed by atoms with E-state index in [0.29, 0.717) is 29.0 Å². The lowest BCUT2D eigenvalue weighted by Gasteiger charge is -2.07. The molecule has 0 amide bonds. The normalized spacial score (nSPS) is 10.8. The van der Waals surface area contributed by atoms with Crippen molar-refractivity contribution in [3.05, 3.63) is 65.9 Å². The summed E-state index contributed by atoms with van der Waals surface area (Å²) in [5.41, 5.74) is 2.89. The summed E-state index contributed by atoms with van der Waals surface area (Å²) in [6.45, 7) is 8.30. The van der Waals surface area contributed by atoms with E-state index in [1.165, 1.54) is 11.8 Å². The summed E-state index contributed by atoms with van der Waals surface area (Å²) in [5, 5.41) is 9.08. The van der Waals surface area contributed by atoms with Gasteiger partial charge in [-0.3, -0.25) is 9.36 Å². The number of carbonyl (C=O) groups excluding carboxylic acids is 1. The van der Waals surface area contributed by atoms with Crippen molar-refractivity contribution in [2.24, 2.45) is 0 Å². The van der Waals surface area contributed by atoms with Gasteiger partial charge >= 0.3 is 0 Å². The highest BCUT2D eigenvalue weighted by Gasteiger charge is 2.17. The maximum atomic E-state index is 12.5. The number of carbonyl (C=O) groups is 1. The number of furan rings is 1. The van der Waals surface area contributed by atoms with Crippen molar-refractivity contribution in [1.82, 2.24) is 14.8 Å². The molecule has 0 spiro atoms. The number of hydrogen-bond donors (Lipinski definition) is 0. The number of hydrogen-bond acceptors (Lipinski definition) is 5. The minimum absolute atomic E-state index is 0.0789. The Morgan fingerprint density at radius 1 is 1.32 bits per heavy atom. The summed E-state index contributed by atoms with van der Waals surface area (Å²) in [7, 11) is 0. The van der Waals surface area contributed by atoms with Crippen LogP contribution in [0.2, 0.25) is 0 Å². The molecule has 3 aromatic rings. The predicted molar refractivity (Wildman–Crippen MR) is 98.9 cm³/mol. The molecule has 0 bridgehead atoms. The summed E-state index contributed by atoms with van der Waals surface area (Å²) in [6.07, 6.45) is 3.37. The summed E-state index contributed by atoms with van der Waals surface area (Å²) in [6, 6.07) is 9.50. The van der Waals surface area contributed by atoms with Crippen molar-refractivity contribution < 1.29 is 9.21 Å². The van der Waals surface area contributed by atoms with E-state index in [-0.39, 0.29) is 5.78 Å². The second-order valence-corrected chi connectivity index (χ2v) is 6.66. The van der Waals surface area contributed by atoms with Crippen LogP contribution in [0.5, 0.6) is 0 Å². The fourth-order valence-corrected chi connectivity index (χ4v) is 3.44. The Kier molecular flexibility index (Phi) is 5.19. The van der Waals surface area contributed by atoms with Gasteiger partial charge in [-0.25, -0.2) is 0 Å². The highest BCUT2D eigenvalue weighted by molar-refractivity contribution is 7.99. The SMILES string of the molecule is C=CCn1c(SCC(=O)c2ccc(C)cc2C)nnc1-c1ccco1. The van der Waals surface area contributed by atoms with E-state index in [4.69, 9.17) is 4.42 Å². The number of benzene rings is 1. The van der Waals surface area contributed by atoms with Crippen LogP contribution in [0.15, 0.2) is 58.8 Å². The van der Waals surface area contributed by atoms with Gasteiger partial charge in [-0.05, 0) is 31.5 Å². The molecule has 2 aromatic heterocycles. The van der Waals surface area contributed by atoms with Crippen LogP contribution in [0, 0.1) is 13.8 Å². The van der Waals surface area contributed by atoms with E-state index >= 15 is 0 Å². The molecule has 0 fully saturated rings. The number of thioether (sulfide) groups is 1. The van der Waals surface area contributed by atoms with Gasteiger partial charge in [-0.15, -0.1) is 16.8 Å². The predicted octanol–water partition coefficient (Wildman–Crippen LogP) is 4.32. The smallest absolute Gasteiger partial charge is 0.200 e. The molecule has 3 rings (SSSR count). The fraction of sp³-hybridized carbons (Fsp3) is 0.211. The number of ketones is 1. The molecule has 0 atom stereocenters. The third-order valence-electron chi connectivity index (χ3n) is 3.78. The first kappa shape index (κ1) is 17.2. The van der Waals surface area contributed by atoms with Crippen molar-refractivity contribution >= 4 is 17.5 Å². The van der Waals surface area contributed by atoms with Crippen LogP contribution in [-0.4, -0.2) is 26.3 Å². The first-order chi connectivity index (χ1) is 12.1. The molecule has 0 unspecified atom stereocenters. The van der Waals surface area contributed by atoms with E-state index in [2.05, 4.69) is 16.8 Å². The van der Waals surface area contributed by atoms with Crippen molar-refractivity contribution in [3.8, 4) is 11.6 Å². The molecular formula is C19H19N3O2S. The summed E-state index contributed by atoms with van der Waals surface area (Å²) < 4.78 is 7.30. The third-order valence-corrected chi connectivity index (χ3v) is 4.75. The first-order valence-corrected chi connectivity index (χ1v) is 8.90. The standard InChI is InChI=1S/C19H19N3O2S/c1-4-9-22-18(17-6-5-10-24-17)20-21-19(22)25-12-16(23)15-8-7-13(2)11-14(15)3/h4-8,10-11H,1,9,12H2,2-3H3. The number of aromatic nitrogens is 3. The van der Waals surface area contributed by atoms with E-state index in [0.717, 1.165) is 16.7 Å². The summed E-state index contributed by atoms with van der Waals surface area (Å²) >= 11 is 1.37. The quantitative estimate of drug-likeness (QED) is 0.360. The number of allylic oxidation sites excluding steroid dienone is 1. The maximum absolute atomic E-state index is 12.5. The van der Waals surface area contributed by atoms with E-state index in [1.807, 2.05) is 42.7 Å². The molecule has 0 saturated carbocycles. The van der Waals surface area contributed by atoms with Crippen molar-refractivity contribution in [1.29, 1.82) is 0 Å². The molecule has 0 N–H and O–H groups in total. The van der Waals surface area contributed by atoms with Crippen molar-refractivity contribution in [2.75, 3.05) is 5.75 Å². The molecule has 0 aliphatic heterocycles. The Morgan fingerprint density at radius 2 is 2.16 bits per heavy atom. The topological polar surface area (TPSA) is 60.9 Å². The Balaban J connectivity index is 1.79. The zero-order valence-corrected chi connectivity index (χ0v) is 15.0. The zero-order chi connectivity index (χ0) is 17.8. The van der Waals surface area contributed by atoms with Gasteiger partial charge < -0.3 is 4.42 Å². The maximum Gasteiger partial charge on any atom is 0.200 e. The number of Topliss-reactive ketones (excluding diaryl/α,β-unsaturated/α-hetero) is 1. The lowest BCUT2D eigenvalue weighted by Crippen LogP contribution is -2.07. The van der Waals surface area contributed by atoms with Crippen molar-refractivity contribution in [2.45, 2.75) is 25.5 Å². The van der Waals surface area contributed by atoms with E-state index in [9.17, 15) is 4.79 Å². The van der Waals surface area contributed by atoms with Gasteiger partial charge in [-0.1, -0.05) is 41.6 Å². The second kappa shape index (κ2) is 7.53. The van der Waals surface area contributed by atoms with Crippen LogP contribution in [-0.2, 0) is 6.54 Å². The molecule has 5 nitrogen and oxygen atoms in total. The monoisotopic (exact) mass is 353 g/mol. The van der Waals surface area contributed by atoms with Crippen molar-refractivity contribution in [3.63, 3.8) is 0 Å². The highest BCUT2D eigenvalue weighted by Crippen LogP contribution is 2.25. The molecule has 6 heteroatoms. The molecule has 2 heterocycles. The van der Waals surface area contributed by atoms with Crippen LogP contribution in [0.1, 0.15) is 21.5 Å². The number of aryl methyl sites for hydroxylation is 2. The van der Waals surface area contributed by atoms with Gasteiger partial charge in [0.25, 0.3) is 0 Å². The lowest BCUT2D eigenvalue weighted by atomic mass is 10.0. The van der Waals surface area contributed by atoms with E-state index in [1.54, 1.807) is 18.4 Å². The third kappa shape index (κ3) is 3.74. The Bertz CT molecular complexity index is 898. The number of rotatable bonds is 7. The molecule has 0 aliphatic carbocycles. The Labute approximate surface area is 150 Å². The van der Waals surface area contributed by atoms with Gasteiger partial charge in [0.2, 0.25) is 5.82 Å². The fourth-order valence-electron chi connectivity index (χ4n) is 2.61. The van der Waals surface area contributed by atoms with Crippen LogP contribution < -0.4 is 0 Å².